The van der Waals surface area contributed by atoms with Crippen LogP contribution in [0, 0.1) is 0 Å². The Hall–Kier alpha value is -1.62. The second-order valence-electron chi connectivity index (χ2n) is 5.29. The zero-order valence-electron chi connectivity index (χ0n) is 11.2. The fraction of sp³-hybridized carbons (Fsp3) is 0.571. The number of hydrogen-bond acceptors (Lipinski definition) is 4. The summed E-state index contributed by atoms with van der Waals surface area (Å²) in [5, 5.41) is 0. The van der Waals surface area contributed by atoms with Gasteiger partial charge < -0.3 is 9.64 Å². The third-order valence-electron chi connectivity index (χ3n) is 3.84. The molecule has 1 aromatic rings. The minimum atomic E-state index is -0.287. The molecule has 0 aliphatic carbocycles. The molecule has 1 atom stereocenters. The molecule has 3 rings (SSSR count). The van der Waals surface area contributed by atoms with Crippen molar-refractivity contribution in [3.8, 4) is 0 Å². The zero-order chi connectivity index (χ0) is 13.2. The van der Waals surface area contributed by atoms with E-state index < -0.39 is 0 Å². The highest BCUT2D eigenvalue weighted by Crippen LogP contribution is 2.26. The number of likely N-dealkylation sites (N-methyl/N-ethyl adjacent to an activating group) is 1. The van der Waals surface area contributed by atoms with E-state index in [2.05, 4.69) is 23.0 Å². The molecule has 1 aromatic heterocycles. The van der Waals surface area contributed by atoms with Gasteiger partial charge in [-0.05, 0) is 38.6 Å². The number of ether oxygens (including phenoxy) is 1. The number of amides is 1. The van der Waals surface area contributed by atoms with Crippen molar-refractivity contribution in [2.24, 2.45) is 0 Å². The molecule has 0 saturated carbocycles. The van der Waals surface area contributed by atoms with Crippen LogP contribution in [-0.4, -0.2) is 49.3 Å². The second-order valence-corrected chi connectivity index (χ2v) is 5.29. The Bertz CT molecular complexity index is 478. The number of rotatable bonds is 2. The molecule has 0 radical (unpaired) electrons. The molecule has 0 N–H and O–H groups in total. The van der Waals surface area contributed by atoms with Crippen molar-refractivity contribution >= 4 is 11.9 Å². The van der Waals surface area contributed by atoms with Crippen molar-refractivity contribution in [2.45, 2.75) is 18.8 Å². The maximum absolute atomic E-state index is 11.6. The standard InChI is InChI=1S/C14H19N3O2/c1-16-7-3-4-11(10-16)12-5-2-6-13(15-12)17-8-9-19-14(17)18/h2,5-6,11H,3-4,7-10H2,1H3. The smallest absolute Gasteiger partial charge is 0.415 e. The monoisotopic (exact) mass is 261 g/mol. The minimum absolute atomic E-state index is 0.287. The van der Waals surface area contributed by atoms with E-state index >= 15 is 0 Å². The highest BCUT2D eigenvalue weighted by atomic mass is 16.6. The van der Waals surface area contributed by atoms with Crippen LogP contribution in [0.3, 0.4) is 0 Å². The Morgan fingerprint density at radius 2 is 2.26 bits per heavy atom. The van der Waals surface area contributed by atoms with Gasteiger partial charge in [-0.1, -0.05) is 6.07 Å². The number of carbonyl (C=O) groups excluding carboxylic acids is 1. The topological polar surface area (TPSA) is 45.7 Å². The predicted molar refractivity (Wildman–Crippen MR) is 72.4 cm³/mol. The lowest BCUT2D eigenvalue weighted by molar-refractivity contribution is 0.181. The van der Waals surface area contributed by atoms with Crippen LogP contribution in [0.15, 0.2) is 18.2 Å². The first-order valence-corrected chi connectivity index (χ1v) is 6.84. The van der Waals surface area contributed by atoms with Crippen LogP contribution < -0.4 is 4.90 Å². The van der Waals surface area contributed by atoms with Crippen molar-refractivity contribution in [1.82, 2.24) is 9.88 Å². The van der Waals surface area contributed by atoms with Crippen LogP contribution in [0.2, 0.25) is 0 Å². The molecule has 1 unspecified atom stereocenters. The molecule has 0 bridgehead atoms. The summed E-state index contributed by atoms with van der Waals surface area (Å²) in [5.74, 6) is 1.19. The lowest BCUT2D eigenvalue weighted by Gasteiger charge is -2.29. The lowest BCUT2D eigenvalue weighted by atomic mass is 9.94. The molecule has 0 spiro atoms. The fourth-order valence-electron chi connectivity index (χ4n) is 2.83. The summed E-state index contributed by atoms with van der Waals surface area (Å²) < 4.78 is 4.96. The molecule has 1 amide bonds. The lowest BCUT2D eigenvalue weighted by Crippen LogP contribution is -2.31. The highest BCUT2D eigenvalue weighted by Gasteiger charge is 2.26. The van der Waals surface area contributed by atoms with Gasteiger partial charge in [0.25, 0.3) is 0 Å². The van der Waals surface area contributed by atoms with Crippen LogP contribution in [0.4, 0.5) is 10.6 Å². The van der Waals surface area contributed by atoms with Crippen LogP contribution in [0.25, 0.3) is 0 Å². The molecule has 2 fully saturated rings. The van der Waals surface area contributed by atoms with Crippen LogP contribution in [0.1, 0.15) is 24.5 Å². The largest absolute Gasteiger partial charge is 0.447 e. The maximum atomic E-state index is 11.6. The van der Waals surface area contributed by atoms with E-state index in [9.17, 15) is 4.79 Å². The average Bonchev–Trinajstić information content (AvgIpc) is 2.85. The van der Waals surface area contributed by atoms with Gasteiger partial charge in [-0.3, -0.25) is 4.90 Å². The summed E-state index contributed by atoms with van der Waals surface area (Å²) in [7, 11) is 2.15. The molecular formula is C14H19N3O2. The Kier molecular flexibility index (Phi) is 3.38. The van der Waals surface area contributed by atoms with Crippen LogP contribution in [-0.2, 0) is 4.74 Å². The quantitative estimate of drug-likeness (QED) is 0.815. The van der Waals surface area contributed by atoms with E-state index in [-0.39, 0.29) is 6.09 Å². The minimum Gasteiger partial charge on any atom is -0.447 e. The summed E-state index contributed by atoms with van der Waals surface area (Å²) >= 11 is 0. The van der Waals surface area contributed by atoms with Crippen molar-refractivity contribution in [2.75, 3.05) is 38.2 Å². The Labute approximate surface area is 113 Å². The predicted octanol–water partition coefficient (Wildman–Crippen LogP) is 1.85. The second kappa shape index (κ2) is 5.17. The van der Waals surface area contributed by atoms with Crippen molar-refractivity contribution in [3.05, 3.63) is 23.9 Å². The summed E-state index contributed by atoms with van der Waals surface area (Å²) in [6, 6.07) is 5.93. The van der Waals surface area contributed by atoms with Gasteiger partial charge in [0.15, 0.2) is 0 Å². The Morgan fingerprint density at radius 1 is 1.37 bits per heavy atom. The van der Waals surface area contributed by atoms with Crippen LogP contribution in [0.5, 0.6) is 0 Å². The average molecular weight is 261 g/mol. The molecule has 2 aliphatic heterocycles. The summed E-state index contributed by atoms with van der Waals surface area (Å²) in [6.07, 6.45) is 2.09. The molecular weight excluding hydrogens is 242 g/mol. The summed E-state index contributed by atoms with van der Waals surface area (Å²) in [4.78, 5) is 20.2. The van der Waals surface area contributed by atoms with Crippen molar-refractivity contribution in [1.29, 1.82) is 0 Å². The first kappa shape index (κ1) is 12.4. The van der Waals surface area contributed by atoms with Crippen molar-refractivity contribution < 1.29 is 9.53 Å². The van der Waals surface area contributed by atoms with Gasteiger partial charge >= 0.3 is 6.09 Å². The SMILES string of the molecule is CN1CCCC(c2cccc(N3CCOC3=O)n2)C1. The summed E-state index contributed by atoms with van der Waals surface area (Å²) in [6.45, 7) is 3.26. The first-order chi connectivity index (χ1) is 9.24. The highest BCUT2D eigenvalue weighted by molar-refractivity contribution is 5.88. The van der Waals surface area contributed by atoms with E-state index in [1.165, 1.54) is 12.8 Å². The van der Waals surface area contributed by atoms with Gasteiger partial charge in [0, 0.05) is 18.2 Å². The molecule has 3 heterocycles. The van der Waals surface area contributed by atoms with Crippen LogP contribution >= 0.6 is 0 Å². The van der Waals surface area contributed by atoms with Gasteiger partial charge in [0.2, 0.25) is 0 Å². The van der Waals surface area contributed by atoms with Gasteiger partial charge in [-0.2, -0.15) is 0 Å². The van der Waals surface area contributed by atoms with Gasteiger partial charge in [0.1, 0.15) is 12.4 Å². The molecule has 5 nitrogen and oxygen atoms in total. The molecule has 2 aliphatic rings. The molecule has 0 aromatic carbocycles. The molecule has 5 heteroatoms. The Balaban J connectivity index is 1.81. The number of aromatic nitrogens is 1. The number of hydrogen-bond donors (Lipinski definition) is 0. The molecule has 2 saturated heterocycles. The third-order valence-corrected chi connectivity index (χ3v) is 3.84. The summed E-state index contributed by atoms with van der Waals surface area (Å²) in [5.41, 5.74) is 1.09. The van der Waals surface area contributed by atoms with E-state index in [4.69, 9.17) is 4.74 Å². The van der Waals surface area contributed by atoms with Crippen molar-refractivity contribution in [3.63, 3.8) is 0 Å². The van der Waals surface area contributed by atoms with E-state index in [0.29, 0.717) is 24.9 Å². The van der Waals surface area contributed by atoms with E-state index in [1.807, 2.05) is 12.1 Å². The molecule has 102 valence electrons. The third kappa shape index (κ3) is 2.56. The number of cyclic esters (lactones) is 1. The first-order valence-electron chi connectivity index (χ1n) is 6.84. The number of anilines is 1. The zero-order valence-corrected chi connectivity index (χ0v) is 11.2. The van der Waals surface area contributed by atoms with Gasteiger partial charge in [-0.15, -0.1) is 0 Å². The van der Waals surface area contributed by atoms with Gasteiger partial charge in [0.05, 0.1) is 6.54 Å². The number of pyridine rings is 1. The number of piperidine rings is 1. The molecule has 19 heavy (non-hydrogen) atoms. The number of nitrogens with zero attached hydrogens (tertiary/aromatic N) is 3. The normalized spacial score (nSPS) is 24.6. The maximum Gasteiger partial charge on any atom is 0.415 e. The Morgan fingerprint density at radius 3 is 3.00 bits per heavy atom. The van der Waals surface area contributed by atoms with Gasteiger partial charge in [-0.25, -0.2) is 9.78 Å². The number of carbonyl (C=O) groups is 1. The number of likely N-dealkylation sites (tertiary alicyclic amines) is 1. The van der Waals surface area contributed by atoms with E-state index in [1.54, 1.807) is 4.90 Å². The fourth-order valence-corrected chi connectivity index (χ4v) is 2.83. The van der Waals surface area contributed by atoms with E-state index in [0.717, 1.165) is 18.8 Å².